The minimum absolute atomic E-state index is 0.206. The quantitative estimate of drug-likeness (QED) is 0.808. The molecule has 0 fully saturated rings. The summed E-state index contributed by atoms with van der Waals surface area (Å²) in [7, 11) is 1.73. The molecule has 114 valence electrons. The Morgan fingerprint density at radius 1 is 1.43 bits per heavy atom. The molecule has 0 aliphatic heterocycles. The van der Waals surface area contributed by atoms with Crippen molar-refractivity contribution >= 4 is 33.4 Å². The summed E-state index contributed by atoms with van der Waals surface area (Å²) in [5.74, 6) is -0.206. The molecule has 2 heterocycles. The Kier molecular flexibility index (Phi) is 5.05. The molecule has 2 aromatic heterocycles. The number of hydrogen-bond donors (Lipinski definition) is 0. The predicted octanol–water partition coefficient (Wildman–Crippen LogP) is 2.81. The zero-order valence-corrected chi connectivity index (χ0v) is 14.5. The summed E-state index contributed by atoms with van der Waals surface area (Å²) in [5, 5.41) is 8.82. The van der Waals surface area contributed by atoms with Crippen molar-refractivity contribution in [2.75, 3.05) is 7.05 Å². The largest absolute Gasteiger partial charge is 0.334 e. The van der Waals surface area contributed by atoms with Crippen LogP contribution in [0.3, 0.4) is 0 Å². The molecule has 6 nitrogen and oxygen atoms in total. The smallest absolute Gasteiger partial charge is 0.276 e. The maximum absolute atomic E-state index is 12.5. The van der Waals surface area contributed by atoms with Crippen LogP contribution in [0.2, 0.25) is 5.02 Å². The summed E-state index contributed by atoms with van der Waals surface area (Å²) in [6, 6.07) is 0. The molecule has 0 aromatic carbocycles. The van der Waals surface area contributed by atoms with Crippen molar-refractivity contribution < 1.29 is 4.79 Å². The van der Waals surface area contributed by atoms with Crippen LogP contribution in [0.4, 0.5) is 0 Å². The van der Waals surface area contributed by atoms with Crippen molar-refractivity contribution in [3.8, 4) is 0 Å². The Labute approximate surface area is 136 Å². The Morgan fingerprint density at radius 2 is 2.14 bits per heavy atom. The van der Waals surface area contributed by atoms with Crippen LogP contribution in [-0.2, 0) is 19.6 Å². The second-order valence-corrected chi connectivity index (χ2v) is 5.86. The van der Waals surface area contributed by atoms with Gasteiger partial charge in [-0.2, -0.15) is 10.2 Å². The topological polar surface area (TPSA) is 56.0 Å². The fourth-order valence-electron chi connectivity index (χ4n) is 2.00. The normalized spacial score (nSPS) is 10.9. The van der Waals surface area contributed by atoms with Crippen LogP contribution in [0.5, 0.6) is 0 Å². The minimum Gasteiger partial charge on any atom is -0.334 e. The van der Waals surface area contributed by atoms with Gasteiger partial charge in [-0.15, -0.1) is 0 Å². The molecule has 0 aliphatic carbocycles. The SMILES string of the molecule is CCn1cc(Cl)c(C(=O)N(C)Cc2c(Br)cnn2CC)n1. The zero-order chi connectivity index (χ0) is 15.6. The van der Waals surface area contributed by atoms with Crippen LogP contribution in [0.15, 0.2) is 16.9 Å². The number of nitrogens with zero attached hydrogens (tertiary/aromatic N) is 5. The zero-order valence-electron chi connectivity index (χ0n) is 12.2. The molecule has 21 heavy (non-hydrogen) atoms. The van der Waals surface area contributed by atoms with Crippen LogP contribution in [-0.4, -0.2) is 37.4 Å². The summed E-state index contributed by atoms with van der Waals surface area (Å²) in [6.07, 6.45) is 3.39. The number of amides is 1. The average molecular weight is 375 g/mol. The minimum atomic E-state index is -0.206. The van der Waals surface area contributed by atoms with Gasteiger partial charge in [0, 0.05) is 26.3 Å². The van der Waals surface area contributed by atoms with Gasteiger partial charge in [-0.25, -0.2) is 0 Å². The molecular formula is C13H17BrClN5O. The number of halogens is 2. The van der Waals surface area contributed by atoms with Crippen molar-refractivity contribution in [3.05, 3.63) is 33.3 Å². The van der Waals surface area contributed by atoms with Crippen LogP contribution >= 0.6 is 27.5 Å². The fourth-order valence-corrected chi connectivity index (χ4v) is 2.65. The van der Waals surface area contributed by atoms with Gasteiger partial charge in [0.05, 0.1) is 27.9 Å². The van der Waals surface area contributed by atoms with Gasteiger partial charge < -0.3 is 4.90 Å². The number of aromatic nitrogens is 4. The van der Waals surface area contributed by atoms with E-state index in [4.69, 9.17) is 11.6 Å². The molecule has 0 radical (unpaired) electrons. The van der Waals surface area contributed by atoms with E-state index in [9.17, 15) is 4.79 Å². The highest BCUT2D eigenvalue weighted by Gasteiger charge is 2.21. The van der Waals surface area contributed by atoms with Gasteiger partial charge in [-0.3, -0.25) is 14.2 Å². The number of rotatable bonds is 5. The van der Waals surface area contributed by atoms with Gasteiger partial charge in [0.25, 0.3) is 5.91 Å². The van der Waals surface area contributed by atoms with Gasteiger partial charge >= 0.3 is 0 Å². The van der Waals surface area contributed by atoms with E-state index in [0.29, 0.717) is 18.1 Å². The van der Waals surface area contributed by atoms with Crippen molar-refractivity contribution in [1.82, 2.24) is 24.5 Å². The maximum atomic E-state index is 12.5. The summed E-state index contributed by atoms with van der Waals surface area (Å²) in [5.41, 5.74) is 1.22. The van der Waals surface area contributed by atoms with E-state index >= 15 is 0 Å². The first-order valence-corrected chi connectivity index (χ1v) is 7.83. The van der Waals surface area contributed by atoms with Gasteiger partial charge in [-0.1, -0.05) is 11.6 Å². The molecule has 1 amide bonds. The van der Waals surface area contributed by atoms with E-state index in [1.54, 1.807) is 29.0 Å². The molecule has 0 saturated heterocycles. The first-order valence-electron chi connectivity index (χ1n) is 6.66. The fraction of sp³-hybridized carbons (Fsp3) is 0.462. The summed E-state index contributed by atoms with van der Waals surface area (Å²) in [4.78, 5) is 14.0. The molecule has 0 N–H and O–H groups in total. The van der Waals surface area contributed by atoms with E-state index in [0.717, 1.165) is 16.7 Å². The van der Waals surface area contributed by atoms with Crippen molar-refractivity contribution in [1.29, 1.82) is 0 Å². The standard InChI is InChI=1S/C13H17BrClN5O/c1-4-19-7-10(15)12(17-19)13(21)18(3)8-11-9(14)6-16-20(11)5-2/h6-7H,4-5,8H2,1-3H3. The molecule has 2 aromatic rings. The molecule has 0 aliphatic rings. The highest BCUT2D eigenvalue weighted by molar-refractivity contribution is 9.10. The molecule has 0 spiro atoms. The number of carbonyl (C=O) groups is 1. The summed E-state index contributed by atoms with van der Waals surface area (Å²) >= 11 is 9.53. The second kappa shape index (κ2) is 6.62. The molecule has 2 rings (SSSR count). The Bertz CT molecular complexity index is 651. The van der Waals surface area contributed by atoms with Crippen molar-refractivity contribution in [3.63, 3.8) is 0 Å². The summed E-state index contributed by atoms with van der Waals surface area (Å²) < 4.78 is 4.38. The molecule has 0 bridgehead atoms. The molecular weight excluding hydrogens is 358 g/mol. The second-order valence-electron chi connectivity index (χ2n) is 4.60. The third kappa shape index (κ3) is 3.29. The third-order valence-electron chi connectivity index (χ3n) is 3.17. The number of carbonyl (C=O) groups excluding carboxylic acids is 1. The lowest BCUT2D eigenvalue weighted by atomic mass is 10.3. The van der Waals surface area contributed by atoms with E-state index in [1.807, 2.05) is 18.5 Å². The van der Waals surface area contributed by atoms with Gasteiger partial charge in [0.1, 0.15) is 0 Å². The third-order valence-corrected chi connectivity index (χ3v) is 4.11. The van der Waals surface area contributed by atoms with Crippen LogP contribution in [0, 0.1) is 0 Å². The molecule has 0 atom stereocenters. The van der Waals surface area contributed by atoms with Crippen molar-refractivity contribution in [2.45, 2.75) is 33.5 Å². The van der Waals surface area contributed by atoms with E-state index in [1.165, 1.54) is 0 Å². The van der Waals surface area contributed by atoms with Crippen LogP contribution in [0.25, 0.3) is 0 Å². The van der Waals surface area contributed by atoms with E-state index in [2.05, 4.69) is 26.1 Å². The maximum Gasteiger partial charge on any atom is 0.276 e. The Balaban J connectivity index is 2.19. The Hall–Kier alpha value is -1.34. The Morgan fingerprint density at radius 3 is 2.71 bits per heavy atom. The lowest BCUT2D eigenvalue weighted by Gasteiger charge is -2.17. The summed E-state index contributed by atoms with van der Waals surface area (Å²) in [6.45, 7) is 5.80. The predicted molar refractivity (Wildman–Crippen MR) is 84.3 cm³/mol. The lowest BCUT2D eigenvalue weighted by molar-refractivity contribution is 0.0774. The average Bonchev–Trinajstić information content (AvgIpc) is 3.01. The van der Waals surface area contributed by atoms with Gasteiger partial charge in [0.2, 0.25) is 0 Å². The van der Waals surface area contributed by atoms with Crippen LogP contribution < -0.4 is 0 Å². The highest BCUT2D eigenvalue weighted by Crippen LogP contribution is 2.20. The number of aryl methyl sites for hydroxylation is 2. The molecule has 0 saturated carbocycles. The highest BCUT2D eigenvalue weighted by atomic mass is 79.9. The molecule has 8 heteroatoms. The van der Waals surface area contributed by atoms with Gasteiger partial charge in [0.15, 0.2) is 5.69 Å². The lowest BCUT2D eigenvalue weighted by Crippen LogP contribution is -2.28. The first-order chi connectivity index (χ1) is 9.97. The van der Waals surface area contributed by atoms with Crippen LogP contribution in [0.1, 0.15) is 30.0 Å². The monoisotopic (exact) mass is 373 g/mol. The first kappa shape index (κ1) is 16.0. The van der Waals surface area contributed by atoms with E-state index < -0.39 is 0 Å². The van der Waals surface area contributed by atoms with Gasteiger partial charge in [-0.05, 0) is 29.8 Å². The molecule has 0 unspecified atom stereocenters. The number of hydrogen-bond acceptors (Lipinski definition) is 3. The van der Waals surface area contributed by atoms with E-state index in [-0.39, 0.29) is 11.6 Å². The van der Waals surface area contributed by atoms with Crippen molar-refractivity contribution in [2.24, 2.45) is 0 Å².